The lowest BCUT2D eigenvalue weighted by Crippen LogP contribution is -2.20. The maximum atomic E-state index is 10.5. The van der Waals surface area contributed by atoms with Crippen LogP contribution in [0.1, 0.15) is 0 Å². The third-order valence-corrected chi connectivity index (χ3v) is 4.42. The van der Waals surface area contributed by atoms with E-state index in [1.165, 1.54) is 0 Å². The van der Waals surface area contributed by atoms with Gasteiger partial charge in [-0.3, -0.25) is 9.80 Å². The first-order chi connectivity index (χ1) is 6.27. The molecule has 0 aromatic carbocycles. The second-order valence-electron chi connectivity index (χ2n) is 4.74. The first kappa shape index (κ1) is 6.73. The van der Waals surface area contributed by atoms with Crippen LogP contribution >= 0.6 is 0 Å². The van der Waals surface area contributed by atoms with Crippen molar-refractivity contribution in [3.8, 4) is 0 Å². The normalized spacial score (nSPS) is 70.5. The fourth-order valence-electron chi connectivity index (χ4n) is 3.63. The van der Waals surface area contributed by atoms with Gasteiger partial charge in [0, 0.05) is 12.1 Å². The molecule has 3 saturated heterocycles. The van der Waals surface area contributed by atoms with E-state index in [1.807, 2.05) is 0 Å². The summed E-state index contributed by atoms with van der Waals surface area (Å²) in [4.78, 5) is 15.3. The van der Waals surface area contributed by atoms with Gasteiger partial charge in [0.15, 0.2) is 0 Å². The summed E-state index contributed by atoms with van der Waals surface area (Å²) in [6.45, 7) is 0. The summed E-state index contributed by atoms with van der Waals surface area (Å²) in [6.07, 6.45) is 0. The van der Waals surface area contributed by atoms with Crippen molar-refractivity contribution in [1.29, 1.82) is 0 Å². The number of likely N-dealkylation sites (N-methyl/N-ethyl adjacent to an activating group) is 2. The molecule has 4 fully saturated rings. The zero-order valence-corrected chi connectivity index (χ0v) is 7.66. The molecule has 0 amide bonds. The second-order valence-corrected chi connectivity index (χ2v) is 4.74. The molecule has 0 aromatic heterocycles. The predicted molar refractivity (Wildman–Crippen MR) is 45.9 cm³/mol. The van der Waals surface area contributed by atoms with Gasteiger partial charge in [-0.2, -0.15) is 0 Å². The highest BCUT2D eigenvalue weighted by Crippen LogP contribution is 2.60. The molecule has 0 radical (unpaired) electrons. The third-order valence-electron chi connectivity index (χ3n) is 4.42. The topological polar surface area (TPSA) is 38.5 Å². The van der Waals surface area contributed by atoms with Gasteiger partial charge in [-0.25, -0.2) is 5.01 Å². The molecule has 0 aromatic rings. The molecule has 13 heavy (non-hydrogen) atoms. The highest BCUT2D eigenvalue weighted by Gasteiger charge is 2.81. The van der Waals surface area contributed by atoms with Crippen LogP contribution in [0.25, 0.3) is 0 Å². The first-order valence-electron chi connectivity index (χ1n) is 4.83. The molecular weight excluding hydrogens is 168 g/mol. The summed E-state index contributed by atoms with van der Waals surface area (Å²) >= 11 is 0. The van der Waals surface area contributed by atoms with Crippen molar-refractivity contribution in [2.45, 2.75) is 36.3 Å². The van der Waals surface area contributed by atoms with Crippen LogP contribution in [0.4, 0.5) is 0 Å². The molecule has 5 nitrogen and oxygen atoms in total. The van der Waals surface area contributed by atoms with E-state index < -0.39 is 0 Å². The average molecular weight is 180 g/mol. The van der Waals surface area contributed by atoms with Gasteiger partial charge >= 0.3 is 0 Å². The Labute approximate surface area is 76.2 Å². The minimum atomic E-state index is 0.443. The third kappa shape index (κ3) is 0.524. The Morgan fingerprint density at radius 3 is 1.62 bits per heavy atom. The predicted octanol–water partition coefficient (Wildman–Crippen LogP) is -0.901. The Bertz CT molecular complexity index is 283. The quantitative estimate of drug-likeness (QED) is 0.387. The van der Waals surface area contributed by atoms with Crippen molar-refractivity contribution >= 4 is 0 Å². The molecule has 0 N–H and O–H groups in total. The van der Waals surface area contributed by atoms with E-state index in [-0.39, 0.29) is 0 Å². The number of nitrogens with zero attached hydrogens (tertiary/aromatic N) is 4. The minimum Gasteiger partial charge on any atom is -0.293 e. The smallest absolute Gasteiger partial charge is 0.0915 e. The molecule has 8 atom stereocenters. The van der Waals surface area contributed by atoms with Crippen LogP contribution in [-0.4, -0.2) is 65.2 Å². The maximum absolute atomic E-state index is 10.5. The Kier molecular flexibility index (Phi) is 0.836. The first-order valence-corrected chi connectivity index (χ1v) is 4.83. The van der Waals surface area contributed by atoms with Crippen LogP contribution in [0.2, 0.25) is 0 Å². The van der Waals surface area contributed by atoms with Crippen LogP contribution in [0, 0.1) is 4.91 Å². The molecule has 4 aliphatic rings. The molecule has 4 rings (SSSR count). The van der Waals surface area contributed by atoms with E-state index in [0.29, 0.717) is 36.3 Å². The largest absolute Gasteiger partial charge is 0.293 e. The lowest BCUT2D eigenvalue weighted by Gasteiger charge is -1.94. The van der Waals surface area contributed by atoms with Gasteiger partial charge in [-0.05, 0) is 14.1 Å². The van der Waals surface area contributed by atoms with E-state index in [9.17, 15) is 4.91 Å². The van der Waals surface area contributed by atoms with Gasteiger partial charge in [-0.1, -0.05) is 0 Å². The number of hydrogen-bond acceptors (Lipinski definition) is 4. The molecule has 1 aliphatic carbocycles. The molecule has 70 valence electrons. The van der Waals surface area contributed by atoms with Crippen LogP contribution < -0.4 is 0 Å². The number of hydrogen-bond donors (Lipinski definition) is 0. The summed E-state index contributed by atoms with van der Waals surface area (Å²) in [6, 6.07) is 3.55. The van der Waals surface area contributed by atoms with Crippen molar-refractivity contribution in [2.75, 3.05) is 14.1 Å². The van der Waals surface area contributed by atoms with E-state index in [1.54, 1.807) is 5.01 Å². The van der Waals surface area contributed by atoms with Crippen molar-refractivity contribution in [1.82, 2.24) is 14.8 Å². The highest BCUT2D eigenvalue weighted by atomic mass is 16.3. The summed E-state index contributed by atoms with van der Waals surface area (Å²) in [5.74, 6) is 0. The van der Waals surface area contributed by atoms with E-state index in [0.717, 1.165) is 0 Å². The Balaban J connectivity index is 1.72. The molecule has 5 heteroatoms. The van der Waals surface area contributed by atoms with Crippen molar-refractivity contribution in [3.63, 3.8) is 0 Å². The van der Waals surface area contributed by atoms with Gasteiger partial charge in [0.1, 0.15) is 0 Å². The fraction of sp³-hybridized carbons (Fsp3) is 1.00. The number of nitroso groups, excluding NO2 is 1. The van der Waals surface area contributed by atoms with Crippen molar-refractivity contribution in [3.05, 3.63) is 4.91 Å². The van der Waals surface area contributed by atoms with Crippen LogP contribution in [-0.2, 0) is 0 Å². The Hall–Kier alpha value is -0.680. The number of likely N-dealkylation sites (tertiary alicyclic amines) is 2. The lowest BCUT2D eigenvalue weighted by atomic mass is 10.0. The van der Waals surface area contributed by atoms with Crippen LogP contribution in [0.15, 0.2) is 5.29 Å². The summed E-state index contributed by atoms with van der Waals surface area (Å²) in [7, 11) is 4.31. The van der Waals surface area contributed by atoms with Crippen molar-refractivity contribution < 1.29 is 0 Å². The summed E-state index contributed by atoms with van der Waals surface area (Å²) < 4.78 is 0. The zero-order chi connectivity index (χ0) is 8.90. The Morgan fingerprint density at radius 2 is 1.23 bits per heavy atom. The highest BCUT2D eigenvalue weighted by molar-refractivity contribution is 5.37. The molecule has 2 unspecified atom stereocenters. The van der Waals surface area contributed by atoms with Crippen LogP contribution in [0.3, 0.4) is 0 Å². The Morgan fingerprint density at radius 1 is 0.846 bits per heavy atom. The molecule has 3 heterocycles. The average Bonchev–Trinajstić information content (AvgIpc) is 2.96. The molecule has 1 saturated carbocycles. The maximum Gasteiger partial charge on any atom is 0.0915 e. The molecular formula is C8H12N4O. The monoisotopic (exact) mass is 180 g/mol. The number of rotatable bonds is 1. The van der Waals surface area contributed by atoms with Gasteiger partial charge in [-0.15, -0.1) is 4.91 Å². The summed E-state index contributed by atoms with van der Waals surface area (Å²) in [5, 5.41) is 4.86. The second kappa shape index (κ2) is 1.62. The molecule has 0 spiro atoms. The van der Waals surface area contributed by atoms with Gasteiger partial charge in [0.25, 0.3) is 0 Å². The van der Waals surface area contributed by atoms with Crippen LogP contribution in [0.5, 0.6) is 0 Å². The molecule has 3 aliphatic heterocycles. The van der Waals surface area contributed by atoms with E-state index in [4.69, 9.17) is 0 Å². The van der Waals surface area contributed by atoms with Gasteiger partial charge in [0.05, 0.1) is 29.5 Å². The van der Waals surface area contributed by atoms with E-state index >= 15 is 0 Å². The lowest BCUT2D eigenvalue weighted by molar-refractivity contribution is 0.462. The standard InChI is InChI=1S/C8H12N4O/c1-10-3-4-6(11(4)2)8-7(5(3)10)12(8)9-13/h3-8H,1-2H3/t3-,4+,5-,6+,7-,8+,10?,11?,12?. The molecule has 0 bridgehead atoms. The SMILES string of the molecule is CN1[C@@H]2[C@H]3[C@@H]([C@H]4[C@@H]([C@@H]21)N4N=O)N3C. The van der Waals surface area contributed by atoms with Gasteiger partial charge < -0.3 is 0 Å². The van der Waals surface area contributed by atoms with Gasteiger partial charge in [0.2, 0.25) is 0 Å². The number of fused-ring (bicyclic) bond motifs is 6. The zero-order valence-electron chi connectivity index (χ0n) is 7.66. The van der Waals surface area contributed by atoms with Crippen molar-refractivity contribution in [2.24, 2.45) is 5.29 Å². The summed E-state index contributed by atoms with van der Waals surface area (Å²) in [5.41, 5.74) is 0. The van der Waals surface area contributed by atoms with E-state index in [2.05, 4.69) is 29.2 Å². The minimum absolute atomic E-state index is 0.443. The fourth-order valence-corrected chi connectivity index (χ4v) is 3.63.